The molecule has 404 valence electrons. The fraction of sp³-hybridized carbons (Fsp3) is 0.733. The summed E-state index contributed by atoms with van der Waals surface area (Å²) in [4.78, 5) is 39.8. The van der Waals surface area contributed by atoms with E-state index in [0.717, 1.165) is 77.0 Å². The number of carbonyl (C=O) groups is 2. The lowest BCUT2D eigenvalue weighted by atomic mass is 10.0. The number of nitrogens with one attached hydrogen (secondary N) is 1. The SMILES string of the molecule is CC/C=C\C/C=C\C/C=C\C/C=C\C/C=C\C/C=C\CCC(=O)NC(COP(=O)([O-])OCC[N+](C)(C)C)C(/C=C\CCCCCCCCCCC)OC(=O)CCCCCCCCCCCCCCCC. The zero-order valence-corrected chi connectivity index (χ0v) is 46.8. The number of nitrogens with zero attached hydrogens (tertiary/aromatic N) is 1. The molecule has 0 bridgehead atoms. The van der Waals surface area contributed by atoms with E-state index in [0.29, 0.717) is 17.4 Å². The highest BCUT2D eigenvalue weighted by Crippen LogP contribution is 2.38. The highest BCUT2D eigenvalue weighted by molar-refractivity contribution is 7.45. The third kappa shape index (κ3) is 50.1. The second kappa shape index (κ2) is 49.8. The van der Waals surface area contributed by atoms with Gasteiger partial charge in [-0.2, -0.15) is 0 Å². The van der Waals surface area contributed by atoms with Gasteiger partial charge in [-0.15, -0.1) is 0 Å². The van der Waals surface area contributed by atoms with Crippen LogP contribution >= 0.6 is 7.82 Å². The lowest BCUT2D eigenvalue weighted by Crippen LogP contribution is -2.47. The standard InChI is InChI=1S/C60H107N2O7P/c1-7-10-13-16-19-22-25-27-29-30-31-32-33-34-37-40-43-46-49-52-59(63)61-57(56-68-70(65,66)67-55-54-62(4,5)6)58(51-48-45-42-39-36-24-21-18-15-12-9-3)69-60(64)53-50-47-44-41-38-35-28-26-23-20-17-14-11-8-2/h10,13,19,22,27,29,31-32,34,37,43,46,48,51,57-58H,7-9,11-12,14-18,20-21,23-26,28,30,33,35-36,38-42,44-45,47,49-50,52-56H2,1-6H3,(H-,61,63,65,66)/b13-10-,22-19-,29-27-,32-31-,37-34-,46-43-,51-48-. The molecule has 1 amide bonds. The first kappa shape index (κ1) is 67.2. The van der Waals surface area contributed by atoms with E-state index in [1.807, 2.05) is 39.4 Å². The number of phosphoric acid groups is 1. The molecule has 0 aromatic rings. The maximum absolute atomic E-state index is 13.4. The van der Waals surface area contributed by atoms with E-state index in [1.165, 1.54) is 116 Å². The smallest absolute Gasteiger partial charge is 0.306 e. The summed E-state index contributed by atoms with van der Waals surface area (Å²) >= 11 is 0. The van der Waals surface area contributed by atoms with Crippen LogP contribution in [0.1, 0.15) is 233 Å². The number of allylic oxidation sites excluding steroid dienone is 13. The van der Waals surface area contributed by atoms with Crippen LogP contribution in [0.5, 0.6) is 0 Å². The van der Waals surface area contributed by atoms with E-state index in [9.17, 15) is 19.0 Å². The molecule has 1 N–H and O–H groups in total. The number of ether oxygens (including phenoxy) is 1. The average molecular weight is 999 g/mol. The van der Waals surface area contributed by atoms with Crippen molar-refractivity contribution in [2.75, 3.05) is 40.9 Å². The fourth-order valence-electron chi connectivity index (χ4n) is 7.72. The fourth-order valence-corrected chi connectivity index (χ4v) is 8.44. The molecule has 0 spiro atoms. The quantitative estimate of drug-likeness (QED) is 0.0212. The Morgan fingerprint density at radius 1 is 0.514 bits per heavy atom. The van der Waals surface area contributed by atoms with Crippen molar-refractivity contribution in [1.29, 1.82) is 0 Å². The number of likely N-dealkylation sites (N-methyl/N-ethyl adjacent to an activating group) is 1. The molecular weight excluding hydrogens is 892 g/mol. The summed E-state index contributed by atoms with van der Waals surface area (Å²) in [6, 6.07) is -0.929. The van der Waals surface area contributed by atoms with Crippen molar-refractivity contribution in [3.05, 3.63) is 85.1 Å². The number of unbranched alkanes of at least 4 members (excludes halogenated alkanes) is 22. The van der Waals surface area contributed by atoms with Gasteiger partial charge in [0.15, 0.2) is 0 Å². The highest BCUT2D eigenvalue weighted by atomic mass is 31.2. The molecule has 3 unspecified atom stereocenters. The molecule has 0 heterocycles. The molecular formula is C60H107N2O7P. The van der Waals surface area contributed by atoms with E-state index >= 15 is 0 Å². The van der Waals surface area contributed by atoms with Crippen molar-refractivity contribution in [3.63, 3.8) is 0 Å². The van der Waals surface area contributed by atoms with Gasteiger partial charge in [-0.25, -0.2) is 0 Å². The second-order valence-corrected chi connectivity index (χ2v) is 21.5. The Morgan fingerprint density at radius 3 is 1.37 bits per heavy atom. The Bertz CT molecular complexity index is 1480. The van der Waals surface area contributed by atoms with Gasteiger partial charge in [0.1, 0.15) is 19.3 Å². The van der Waals surface area contributed by atoms with Crippen LogP contribution in [0, 0.1) is 0 Å². The lowest BCUT2D eigenvalue weighted by Gasteiger charge is -2.30. The van der Waals surface area contributed by atoms with Gasteiger partial charge in [-0.05, 0) is 70.3 Å². The molecule has 0 aromatic heterocycles. The first-order chi connectivity index (χ1) is 33.9. The van der Waals surface area contributed by atoms with Crippen molar-refractivity contribution < 1.29 is 37.3 Å². The predicted octanol–water partition coefficient (Wildman–Crippen LogP) is 16.4. The van der Waals surface area contributed by atoms with Gasteiger partial charge in [0.25, 0.3) is 7.82 Å². The second-order valence-electron chi connectivity index (χ2n) is 20.1. The molecule has 3 atom stereocenters. The van der Waals surface area contributed by atoms with Crippen molar-refractivity contribution >= 4 is 19.7 Å². The number of quaternary nitrogens is 1. The van der Waals surface area contributed by atoms with Gasteiger partial charge in [-0.1, -0.05) is 235 Å². The maximum Gasteiger partial charge on any atom is 0.306 e. The third-order valence-corrected chi connectivity index (χ3v) is 13.1. The Morgan fingerprint density at radius 2 is 0.929 bits per heavy atom. The highest BCUT2D eigenvalue weighted by Gasteiger charge is 2.27. The maximum atomic E-state index is 13.4. The summed E-state index contributed by atoms with van der Waals surface area (Å²) in [5.74, 6) is -0.640. The number of esters is 1. The molecule has 0 saturated carbocycles. The van der Waals surface area contributed by atoms with Gasteiger partial charge >= 0.3 is 5.97 Å². The molecule has 0 aliphatic rings. The van der Waals surface area contributed by atoms with Crippen LogP contribution in [0.3, 0.4) is 0 Å². The number of phosphoric ester groups is 1. The Kier molecular flexibility index (Phi) is 47.8. The lowest BCUT2D eigenvalue weighted by molar-refractivity contribution is -0.870. The van der Waals surface area contributed by atoms with Crippen LogP contribution in [-0.2, 0) is 27.9 Å². The number of amides is 1. The number of rotatable bonds is 50. The zero-order chi connectivity index (χ0) is 51.5. The molecule has 0 aliphatic carbocycles. The summed E-state index contributed by atoms with van der Waals surface area (Å²) in [7, 11) is 1.13. The van der Waals surface area contributed by atoms with Crippen LogP contribution < -0.4 is 10.2 Å². The van der Waals surface area contributed by atoms with Crippen molar-refractivity contribution in [1.82, 2.24) is 5.32 Å². The molecule has 0 rings (SSSR count). The average Bonchev–Trinajstić information content (AvgIpc) is 3.32. The normalized spacial score (nSPS) is 14.4. The third-order valence-electron chi connectivity index (χ3n) is 12.1. The van der Waals surface area contributed by atoms with Crippen LogP contribution in [0.15, 0.2) is 85.1 Å². The minimum atomic E-state index is -4.71. The van der Waals surface area contributed by atoms with Gasteiger partial charge in [-0.3, -0.25) is 14.2 Å². The van der Waals surface area contributed by atoms with E-state index < -0.39 is 26.6 Å². The molecule has 9 nitrogen and oxygen atoms in total. The summed E-state index contributed by atoms with van der Waals surface area (Å²) < 4.78 is 30.1. The molecule has 0 aliphatic heterocycles. The molecule has 0 saturated heterocycles. The minimum Gasteiger partial charge on any atom is -0.756 e. The van der Waals surface area contributed by atoms with Crippen LogP contribution in [-0.4, -0.2) is 69.4 Å². The van der Waals surface area contributed by atoms with Crippen LogP contribution in [0.2, 0.25) is 0 Å². The van der Waals surface area contributed by atoms with Crippen LogP contribution in [0.4, 0.5) is 0 Å². The van der Waals surface area contributed by atoms with Gasteiger partial charge in [0.05, 0.1) is 33.8 Å². The van der Waals surface area contributed by atoms with Crippen molar-refractivity contribution in [2.45, 2.75) is 245 Å². The molecule has 70 heavy (non-hydrogen) atoms. The summed E-state index contributed by atoms with van der Waals surface area (Å²) in [6.07, 6.45) is 64.2. The summed E-state index contributed by atoms with van der Waals surface area (Å²) in [5.41, 5.74) is 0. The van der Waals surface area contributed by atoms with Crippen molar-refractivity contribution in [2.24, 2.45) is 0 Å². The topological polar surface area (TPSA) is 114 Å². The monoisotopic (exact) mass is 999 g/mol. The summed E-state index contributed by atoms with van der Waals surface area (Å²) in [5, 5.41) is 2.97. The van der Waals surface area contributed by atoms with Gasteiger partial charge < -0.3 is 28.5 Å². The Hall–Kier alpha value is -2.81. The van der Waals surface area contributed by atoms with E-state index in [2.05, 4.69) is 86.8 Å². The minimum absolute atomic E-state index is 0.0382. The van der Waals surface area contributed by atoms with E-state index in [4.69, 9.17) is 13.8 Å². The van der Waals surface area contributed by atoms with E-state index in [1.54, 1.807) is 6.08 Å². The Balaban J connectivity index is 5.44. The first-order valence-electron chi connectivity index (χ1n) is 28.4. The van der Waals surface area contributed by atoms with Crippen LogP contribution in [0.25, 0.3) is 0 Å². The molecule has 0 aromatic carbocycles. The van der Waals surface area contributed by atoms with E-state index in [-0.39, 0.29) is 31.3 Å². The zero-order valence-electron chi connectivity index (χ0n) is 45.9. The summed E-state index contributed by atoms with van der Waals surface area (Å²) in [6.45, 7) is 6.65. The Labute approximate surface area is 431 Å². The first-order valence-corrected chi connectivity index (χ1v) is 29.9. The van der Waals surface area contributed by atoms with Gasteiger partial charge in [0.2, 0.25) is 5.91 Å². The van der Waals surface area contributed by atoms with Gasteiger partial charge in [0, 0.05) is 12.8 Å². The van der Waals surface area contributed by atoms with Crippen molar-refractivity contribution in [3.8, 4) is 0 Å². The molecule has 0 radical (unpaired) electrons. The number of carbonyl (C=O) groups excluding carboxylic acids is 2. The predicted molar refractivity (Wildman–Crippen MR) is 298 cm³/mol. The molecule has 10 heteroatoms. The molecule has 0 fully saturated rings. The number of hydrogen-bond donors (Lipinski definition) is 1. The number of hydrogen-bond acceptors (Lipinski definition) is 7. The largest absolute Gasteiger partial charge is 0.756 e.